The van der Waals surface area contributed by atoms with Gasteiger partial charge in [-0.2, -0.15) is 0 Å². The predicted molar refractivity (Wildman–Crippen MR) is 81.9 cm³/mol. The molecule has 1 heterocycles. The summed E-state index contributed by atoms with van der Waals surface area (Å²) >= 11 is 6.15. The van der Waals surface area contributed by atoms with Crippen molar-refractivity contribution in [2.75, 3.05) is 26.2 Å². The van der Waals surface area contributed by atoms with Gasteiger partial charge in [0.05, 0.1) is 5.02 Å². The summed E-state index contributed by atoms with van der Waals surface area (Å²) in [6, 6.07) is 5.35. The first-order valence-electron chi connectivity index (χ1n) is 7.38. The maximum absolute atomic E-state index is 11.8. The van der Waals surface area contributed by atoms with Crippen molar-refractivity contribution in [2.24, 2.45) is 0 Å². The Balaban J connectivity index is 1.86. The highest BCUT2D eigenvalue weighted by atomic mass is 35.5. The molecule has 20 heavy (non-hydrogen) atoms. The average Bonchev–Trinajstić information content (AvgIpc) is 2.92. The summed E-state index contributed by atoms with van der Waals surface area (Å²) in [4.78, 5) is 14.2. The number of benzene rings is 1. The van der Waals surface area contributed by atoms with E-state index < -0.39 is 0 Å². The van der Waals surface area contributed by atoms with E-state index in [2.05, 4.69) is 4.90 Å². The number of carbonyl (C=O) groups is 1. The topological polar surface area (TPSA) is 29.5 Å². The molecule has 0 aromatic heterocycles. The molecule has 0 spiro atoms. The molecule has 0 radical (unpaired) electrons. The number of nitrogens with zero attached hydrogens (tertiary/aromatic N) is 1. The molecule has 1 fully saturated rings. The smallest absolute Gasteiger partial charge is 0.164 e. The number of hydrogen-bond donors (Lipinski definition) is 0. The van der Waals surface area contributed by atoms with Crippen molar-refractivity contribution < 1.29 is 9.53 Å². The fourth-order valence-corrected chi connectivity index (χ4v) is 2.75. The lowest BCUT2D eigenvalue weighted by atomic mass is 10.1. The van der Waals surface area contributed by atoms with Gasteiger partial charge in [0.1, 0.15) is 12.4 Å². The molecule has 0 amide bonds. The molecule has 0 atom stereocenters. The Bertz CT molecular complexity index is 456. The van der Waals surface area contributed by atoms with E-state index in [0.717, 1.165) is 18.7 Å². The van der Waals surface area contributed by atoms with Gasteiger partial charge in [-0.1, -0.05) is 18.5 Å². The van der Waals surface area contributed by atoms with E-state index in [-0.39, 0.29) is 5.78 Å². The molecular formula is C16H22ClNO2. The van der Waals surface area contributed by atoms with E-state index in [0.29, 0.717) is 23.6 Å². The summed E-state index contributed by atoms with van der Waals surface area (Å²) in [5, 5.41) is 0.488. The molecule has 4 heteroatoms. The number of rotatable bonds is 7. The lowest BCUT2D eigenvalue weighted by Crippen LogP contribution is -2.25. The van der Waals surface area contributed by atoms with Crippen LogP contribution in [0.2, 0.25) is 5.02 Å². The molecule has 0 bridgehead atoms. The fraction of sp³-hybridized carbons (Fsp3) is 0.562. The standard InChI is InChI=1S/C16H22ClNO2/c1-2-5-16(19)14-7-6-13(12-15(14)17)20-11-10-18-8-3-4-9-18/h6-7,12H,2-5,8-11H2,1H3. The summed E-state index contributed by atoms with van der Waals surface area (Å²) in [6.45, 7) is 5.96. The minimum absolute atomic E-state index is 0.0983. The molecule has 1 aliphatic rings. The molecule has 1 aliphatic heterocycles. The van der Waals surface area contributed by atoms with Gasteiger partial charge in [0.2, 0.25) is 0 Å². The number of ether oxygens (including phenoxy) is 1. The second kappa shape index (κ2) is 7.65. The fourth-order valence-electron chi connectivity index (χ4n) is 2.47. The van der Waals surface area contributed by atoms with Gasteiger partial charge in [-0.05, 0) is 50.6 Å². The molecular weight excluding hydrogens is 274 g/mol. The number of Topliss-reactive ketones (excluding diaryl/α,β-unsaturated/α-hetero) is 1. The van der Waals surface area contributed by atoms with Crippen molar-refractivity contribution in [3.63, 3.8) is 0 Å². The largest absolute Gasteiger partial charge is 0.492 e. The number of halogens is 1. The molecule has 1 aromatic rings. The summed E-state index contributed by atoms with van der Waals surface area (Å²) < 4.78 is 5.71. The van der Waals surface area contributed by atoms with Crippen LogP contribution in [0.25, 0.3) is 0 Å². The van der Waals surface area contributed by atoms with E-state index in [1.807, 2.05) is 13.0 Å². The minimum atomic E-state index is 0.0983. The van der Waals surface area contributed by atoms with Gasteiger partial charge in [-0.25, -0.2) is 0 Å². The van der Waals surface area contributed by atoms with Crippen molar-refractivity contribution in [1.29, 1.82) is 0 Å². The van der Waals surface area contributed by atoms with Gasteiger partial charge in [-0.3, -0.25) is 9.69 Å². The van der Waals surface area contributed by atoms with Gasteiger partial charge in [0.15, 0.2) is 5.78 Å². The third-order valence-corrected chi connectivity index (χ3v) is 3.91. The van der Waals surface area contributed by atoms with Crippen LogP contribution < -0.4 is 4.74 Å². The molecule has 0 saturated carbocycles. The monoisotopic (exact) mass is 295 g/mol. The summed E-state index contributed by atoms with van der Waals surface area (Å²) in [5.41, 5.74) is 0.598. The Hall–Kier alpha value is -1.06. The lowest BCUT2D eigenvalue weighted by molar-refractivity contribution is 0.0982. The van der Waals surface area contributed by atoms with Crippen molar-refractivity contribution >= 4 is 17.4 Å². The maximum atomic E-state index is 11.8. The summed E-state index contributed by atoms with van der Waals surface area (Å²) in [6.07, 6.45) is 3.96. The predicted octanol–water partition coefficient (Wildman–Crippen LogP) is 3.80. The molecule has 3 nitrogen and oxygen atoms in total. The zero-order valence-corrected chi connectivity index (χ0v) is 12.8. The van der Waals surface area contributed by atoms with Crippen molar-refractivity contribution in [2.45, 2.75) is 32.6 Å². The zero-order valence-electron chi connectivity index (χ0n) is 12.0. The van der Waals surface area contributed by atoms with E-state index in [1.165, 1.54) is 25.9 Å². The Morgan fingerprint density at radius 1 is 1.35 bits per heavy atom. The van der Waals surface area contributed by atoms with Crippen LogP contribution in [0.15, 0.2) is 18.2 Å². The summed E-state index contributed by atoms with van der Waals surface area (Å²) in [5.74, 6) is 0.836. The molecule has 0 aliphatic carbocycles. The molecule has 1 saturated heterocycles. The van der Waals surface area contributed by atoms with E-state index in [1.54, 1.807) is 12.1 Å². The Labute approximate surface area is 125 Å². The quantitative estimate of drug-likeness (QED) is 0.717. The Kier molecular flexibility index (Phi) is 5.86. The van der Waals surface area contributed by atoms with Crippen LogP contribution in [0.3, 0.4) is 0 Å². The van der Waals surface area contributed by atoms with Gasteiger partial charge in [-0.15, -0.1) is 0 Å². The molecule has 0 unspecified atom stereocenters. The second-order valence-corrected chi connectivity index (χ2v) is 5.62. The third kappa shape index (κ3) is 4.22. The maximum Gasteiger partial charge on any atom is 0.164 e. The van der Waals surface area contributed by atoms with Crippen LogP contribution in [0.5, 0.6) is 5.75 Å². The number of likely N-dealkylation sites (tertiary alicyclic amines) is 1. The minimum Gasteiger partial charge on any atom is -0.492 e. The average molecular weight is 296 g/mol. The van der Waals surface area contributed by atoms with Gasteiger partial charge < -0.3 is 4.74 Å². The SMILES string of the molecule is CCCC(=O)c1ccc(OCCN2CCCC2)cc1Cl. The van der Waals surface area contributed by atoms with Crippen molar-refractivity contribution in [1.82, 2.24) is 4.90 Å². The highest BCUT2D eigenvalue weighted by molar-refractivity contribution is 6.34. The van der Waals surface area contributed by atoms with Crippen LogP contribution in [-0.2, 0) is 0 Å². The number of ketones is 1. The molecule has 0 N–H and O–H groups in total. The second-order valence-electron chi connectivity index (χ2n) is 5.21. The van der Waals surface area contributed by atoms with Crippen LogP contribution in [0.1, 0.15) is 43.0 Å². The highest BCUT2D eigenvalue weighted by Crippen LogP contribution is 2.24. The highest BCUT2D eigenvalue weighted by Gasteiger charge is 2.12. The van der Waals surface area contributed by atoms with Crippen molar-refractivity contribution in [3.8, 4) is 5.75 Å². The first kappa shape index (κ1) is 15.3. The van der Waals surface area contributed by atoms with E-state index >= 15 is 0 Å². The van der Waals surface area contributed by atoms with Crippen molar-refractivity contribution in [3.05, 3.63) is 28.8 Å². The van der Waals surface area contributed by atoms with Gasteiger partial charge >= 0.3 is 0 Å². The molecule has 2 rings (SSSR count). The summed E-state index contributed by atoms with van der Waals surface area (Å²) in [7, 11) is 0. The Morgan fingerprint density at radius 2 is 2.10 bits per heavy atom. The van der Waals surface area contributed by atoms with Gasteiger partial charge in [0.25, 0.3) is 0 Å². The van der Waals surface area contributed by atoms with Crippen LogP contribution >= 0.6 is 11.6 Å². The normalized spacial score (nSPS) is 15.5. The van der Waals surface area contributed by atoms with Crippen LogP contribution in [-0.4, -0.2) is 36.9 Å². The first-order valence-corrected chi connectivity index (χ1v) is 7.76. The third-order valence-electron chi connectivity index (χ3n) is 3.59. The molecule has 110 valence electrons. The van der Waals surface area contributed by atoms with Gasteiger partial charge in [0, 0.05) is 18.5 Å². The van der Waals surface area contributed by atoms with E-state index in [4.69, 9.17) is 16.3 Å². The first-order chi connectivity index (χ1) is 9.70. The molecule has 1 aromatic carbocycles. The van der Waals surface area contributed by atoms with Crippen LogP contribution in [0.4, 0.5) is 0 Å². The zero-order chi connectivity index (χ0) is 14.4. The lowest BCUT2D eigenvalue weighted by Gasteiger charge is -2.15. The Morgan fingerprint density at radius 3 is 2.75 bits per heavy atom. The van der Waals surface area contributed by atoms with E-state index in [9.17, 15) is 4.79 Å². The number of carbonyl (C=O) groups excluding carboxylic acids is 1. The van der Waals surface area contributed by atoms with Crippen LogP contribution in [0, 0.1) is 0 Å². The number of hydrogen-bond acceptors (Lipinski definition) is 3.